The number of amides is 1. The second-order valence-corrected chi connectivity index (χ2v) is 6.03. The van der Waals surface area contributed by atoms with Crippen molar-refractivity contribution in [2.24, 2.45) is 5.92 Å². The van der Waals surface area contributed by atoms with Crippen LogP contribution in [0.1, 0.15) is 37.2 Å². The van der Waals surface area contributed by atoms with Gasteiger partial charge >= 0.3 is 0 Å². The van der Waals surface area contributed by atoms with Gasteiger partial charge in [-0.15, -0.1) is 0 Å². The molecule has 1 aliphatic carbocycles. The Labute approximate surface area is 123 Å². The fraction of sp³-hybridized carbons (Fsp3) is 0.438. The second kappa shape index (κ2) is 5.31. The molecule has 21 heavy (non-hydrogen) atoms. The normalized spacial score (nSPS) is 14.6. The van der Waals surface area contributed by atoms with Crippen molar-refractivity contribution in [1.82, 2.24) is 15.1 Å². The summed E-state index contributed by atoms with van der Waals surface area (Å²) in [6.45, 7) is 4.92. The van der Waals surface area contributed by atoms with E-state index in [2.05, 4.69) is 24.0 Å². The summed E-state index contributed by atoms with van der Waals surface area (Å²) in [7, 11) is 0. The third-order valence-electron chi connectivity index (χ3n) is 3.71. The lowest BCUT2D eigenvalue weighted by molar-refractivity contribution is 0.0717. The number of carbonyl (C=O) groups excluding carboxylic acids is 1. The van der Waals surface area contributed by atoms with Crippen LogP contribution in [0.15, 0.2) is 29.1 Å². The number of aromatic amines is 1. The quantitative estimate of drug-likeness (QED) is 0.936. The first kappa shape index (κ1) is 13.8. The summed E-state index contributed by atoms with van der Waals surface area (Å²) in [6, 6.07) is 7.44. The number of nitrogens with one attached hydrogen (secondary N) is 1. The first-order chi connectivity index (χ1) is 10.1. The molecule has 0 aliphatic heterocycles. The lowest BCUT2D eigenvalue weighted by Gasteiger charge is -2.24. The molecule has 1 heterocycles. The summed E-state index contributed by atoms with van der Waals surface area (Å²) < 4.78 is 0. The molecule has 0 radical (unpaired) electrons. The number of aromatic nitrogens is 2. The molecule has 2 aromatic rings. The molecule has 1 aliphatic rings. The molecular weight excluding hydrogens is 266 g/mol. The van der Waals surface area contributed by atoms with Gasteiger partial charge < -0.3 is 4.90 Å². The average Bonchev–Trinajstić information content (AvgIpc) is 3.29. The third-order valence-corrected chi connectivity index (χ3v) is 3.71. The van der Waals surface area contributed by atoms with Gasteiger partial charge in [-0.25, -0.2) is 5.10 Å². The van der Waals surface area contributed by atoms with Crippen LogP contribution in [0, 0.1) is 5.92 Å². The minimum Gasteiger partial charge on any atom is -0.334 e. The van der Waals surface area contributed by atoms with Crippen molar-refractivity contribution in [2.45, 2.75) is 32.7 Å². The summed E-state index contributed by atoms with van der Waals surface area (Å²) >= 11 is 0. The maximum absolute atomic E-state index is 12.8. The van der Waals surface area contributed by atoms with Gasteiger partial charge in [0, 0.05) is 18.0 Å². The van der Waals surface area contributed by atoms with E-state index >= 15 is 0 Å². The number of nitrogens with zero attached hydrogens (tertiary/aromatic N) is 2. The van der Waals surface area contributed by atoms with Gasteiger partial charge in [-0.2, -0.15) is 5.10 Å². The molecule has 0 spiro atoms. The largest absolute Gasteiger partial charge is 0.334 e. The van der Waals surface area contributed by atoms with Crippen LogP contribution in [0.25, 0.3) is 10.8 Å². The number of H-pyrrole nitrogens is 1. The lowest BCUT2D eigenvalue weighted by atomic mass is 10.1. The molecule has 1 saturated carbocycles. The van der Waals surface area contributed by atoms with Gasteiger partial charge in [0.05, 0.1) is 5.39 Å². The van der Waals surface area contributed by atoms with Crippen LogP contribution in [-0.2, 0) is 0 Å². The Bertz CT molecular complexity index is 732. The van der Waals surface area contributed by atoms with E-state index < -0.39 is 0 Å². The van der Waals surface area contributed by atoms with Gasteiger partial charge in [-0.1, -0.05) is 32.0 Å². The standard InChI is InChI=1S/C16H19N3O2/c1-10(2)9-19(11-7-8-11)16(21)14-12-5-3-4-6-13(12)15(20)18-17-14/h3-6,10-11H,7-9H2,1-2H3,(H,18,20). The molecule has 1 amide bonds. The molecule has 5 nitrogen and oxygen atoms in total. The zero-order chi connectivity index (χ0) is 15.0. The van der Waals surface area contributed by atoms with E-state index in [-0.39, 0.29) is 11.5 Å². The predicted octanol–water partition coefficient (Wildman–Crippen LogP) is 2.18. The fourth-order valence-electron chi connectivity index (χ4n) is 2.59. The highest BCUT2D eigenvalue weighted by molar-refractivity contribution is 6.04. The van der Waals surface area contributed by atoms with E-state index in [1.165, 1.54) is 0 Å². The Morgan fingerprint density at radius 2 is 2.00 bits per heavy atom. The summed E-state index contributed by atoms with van der Waals surface area (Å²) in [6.07, 6.45) is 2.11. The van der Waals surface area contributed by atoms with Crippen LogP contribution < -0.4 is 5.56 Å². The maximum atomic E-state index is 12.8. The van der Waals surface area contributed by atoms with Crippen molar-refractivity contribution in [2.75, 3.05) is 6.54 Å². The molecule has 110 valence electrons. The Balaban J connectivity index is 2.04. The number of rotatable bonds is 4. The highest BCUT2D eigenvalue weighted by atomic mass is 16.2. The van der Waals surface area contributed by atoms with Crippen LogP contribution in [0.2, 0.25) is 0 Å². The molecule has 0 unspecified atom stereocenters. The van der Waals surface area contributed by atoms with E-state index in [0.29, 0.717) is 28.4 Å². The van der Waals surface area contributed by atoms with Gasteiger partial charge in [0.25, 0.3) is 11.5 Å². The zero-order valence-electron chi connectivity index (χ0n) is 12.3. The van der Waals surface area contributed by atoms with E-state index in [0.717, 1.165) is 19.4 Å². The van der Waals surface area contributed by atoms with Gasteiger partial charge in [0.1, 0.15) is 0 Å². The zero-order valence-corrected chi connectivity index (χ0v) is 12.3. The number of carbonyl (C=O) groups is 1. The molecule has 0 saturated heterocycles. The predicted molar refractivity (Wildman–Crippen MR) is 81.3 cm³/mol. The molecule has 1 aromatic carbocycles. The molecule has 3 rings (SSSR count). The highest BCUT2D eigenvalue weighted by Gasteiger charge is 2.34. The van der Waals surface area contributed by atoms with Crippen LogP contribution in [0.3, 0.4) is 0 Å². The summed E-state index contributed by atoms with van der Waals surface area (Å²) in [4.78, 5) is 26.5. The van der Waals surface area contributed by atoms with Crippen molar-refractivity contribution in [3.8, 4) is 0 Å². The highest BCUT2D eigenvalue weighted by Crippen LogP contribution is 2.29. The van der Waals surface area contributed by atoms with Crippen molar-refractivity contribution in [3.05, 3.63) is 40.3 Å². The van der Waals surface area contributed by atoms with Crippen molar-refractivity contribution >= 4 is 16.7 Å². The number of hydrogen-bond donors (Lipinski definition) is 1. The van der Waals surface area contributed by atoms with Gasteiger partial charge in [0.2, 0.25) is 0 Å². The number of hydrogen-bond acceptors (Lipinski definition) is 3. The molecule has 1 fully saturated rings. The average molecular weight is 285 g/mol. The molecule has 1 N–H and O–H groups in total. The van der Waals surface area contributed by atoms with Crippen LogP contribution in [-0.4, -0.2) is 33.6 Å². The summed E-state index contributed by atoms with van der Waals surface area (Å²) in [5.41, 5.74) is 0.0849. The first-order valence-corrected chi connectivity index (χ1v) is 7.36. The van der Waals surface area contributed by atoms with E-state index in [1.807, 2.05) is 11.0 Å². The van der Waals surface area contributed by atoms with Crippen molar-refractivity contribution in [1.29, 1.82) is 0 Å². The van der Waals surface area contributed by atoms with Gasteiger partial charge in [-0.3, -0.25) is 9.59 Å². The summed E-state index contributed by atoms with van der Waals surface area (Å²) in [5.74, 6) is 0.322. The minimum atomic E-state index is -0.260. The Morgan fingerprint density at radius 3 is 2.62 bits per heavy atom. The Kier molecular flexibility index (Phi) is 3.49. The minimum absolute atomic E-state index is 0.0846. The fourth-order valence-corrected chi connectivity index (χ4v) is 2.59. The lowest BCUT2D eigenvalue weighted by Crippen LogP contribution is -2.37. The summed E-state index contributed by atoms with van der Waals surface area (Å²) in [5, 5.41) is 7.59. The maximum Gasteiger partial charge on any atom is 0.275 e. The Hall–Kier alpha value is -2.17. The molecule has 0 atom stereocenters. The Morgan fingerprint density at radius 1 is 1.33 bits per heavy atom. The molecule has 0 bridgehead atoms. The SMILES string of the molecule is CC(C)CN(C(=O)c1n[nH]c(=O)c2ccccc12)C1CC1. The topological polar surface area (TPSA) is 66.1 Å². The monoisotopic (exact) mass is 285 g/mol. The number of fused-ring (bicyclic) bond motifs is 1. The van der Waals surface area contributed by atoms with E-state index in [1.54, 1.807) is 18.2 Å². The molecule has 1 aromatic heterocycles. The van der Waals surface area contributed by atoms with E-state index in [9.17, 15) is 9.59 Å². The molecular formula is C16H19N3O2. The van der Waals surface area contributed by atoms with Gasteiger partial charge in [0.15, 0.2) is 5.69 Å². The van der Waals surface area contributed by atoms with Crippen molar-refractivity contribution < 1.29 is 4.79 Å². The van der Waals surface area contributed by atoms with Gasteiger partial charge in [-0.05, 0) is 24.8 Å². The smallest absolute Gasteiger partial charge is 0.275 e. The molecule has 5 heteroatoms. The third kappa shape index (κ3) is 2.68. The van der Waals surface area contributed by atoms with Crippen LogP contribution in [0.5, 0.6) is 0 Å². The van der Waals surface area contributed by atoms with Crippen LogP contribution >= 0.6 is 0 Å². The van der Waals surface area contributed by atoms with E-state index in [4.69, 9.17) is 0 Å². The first-order valence-electron chi connectivity index (χ1n) is 7.36. The second-order valence-electron chi connectivity index (χ2n) is 6.03. The van der Waals surface area contributed by atoms with Crippen molar-refractivity contribution in [3.63, 3.8) is 0 Å². The number of benzene rings is 1. The van der Waals surface area contributed by atoms with Crippen LogP contribution in [0.4, 0.5) is 0 Å².